The third-order valence-corrected chi connectivity index (χ3v) is 4.55. The number of aromatic nitrogens is 2. The molecule has 0 saturated heterocycles. The number of rotatable bonds is 5. The molecule has 4 rings (SSSR count). The van der Waals surface area contributed by atoms with Gasteiger partial charge in [0, 0.05) is 17.6 Å². The molecule has 1 N–H and O–H groups in total. The molecule has 0 saturated carbocycles. The first-order valence-electron chi connectivity index (χ1n) is 9.17. The van der Waals surface area contributed by atoms with E-state index in [1.54, 1.807) is 35.1 Å². The van der Waals surface area contributed by atoms with E-state index in [4.69, 9.17) is 4.74 Å². The van der Waals surface area contributed by atoms with Gasteiger partial charge in [0.2, 0.25) is 0 Å². The van der Waals surface area contributed by atoms with Crippen LogP contribution in [0.4, 0.5) is 5.69 Å². The monoisotopic (exact) mass is 385 g/mol. The highest BCUT2D eigenvalue weighted by Crippen LogP contribution is 2.19. The topological polar surface area (TPSA) is 73.2 Å². The zero-order valence-electron chi connectivity index (χ0n) is 15.8. The average Bonchev–Trinajstić information content (AvgIpc) is 3.18. The number of benzene rings is 3. The molecule has 144 valence electrons. The van der Waals surface area contributed by atoms with Gasteiger partial charge in [-0.3, -0.25) is 4.79 Å². The summed E-state index contributed by atoms with van der Waals surface area (Å²) < 4.78 is 6.90. The minimum atomic E-state index is -0.553. The Balaban J connectivity index is 1.35. The van der Waals surface area contributed by atoms with Crippen LogP contribution < -0.4 is 5.32 Å². The molecule has 0 fully saturated rings. The minimum Gasteiger partial charge on any atom is -0.452 e. The Morgan fingerprint density at radius 3 is 2.45 bits per heavy atom. The van der Waals surface area contributed by atoms with E-state index in [9.17, 15) is 9.59 Å². The molecule has 0 radical (unpaired) electrons. The maximum atomic E-state index is 12.2. The second-order valence-electron chi connectivity index (χ2n) is 6.62. The Hall–Kier alpha value is -3.93. The van der Waals surface area contributed by atoms with E-state index in [-0.39, 0.29) is 6.61 Å². The Morgan fingerprint density at radius 1 is 0.966 bits per heavy atom. The summed E-state index contributed by atoms with van der Waals surface area (Å²) in [7, 11) is 0. The highest BCUT2D eigenvalue weighted by molar-refractivity contribution is 5.97. The molecule has 0 atom stereocenters. The van der Waals surface area contributed by atoms with E-state index < -0.39 is 11.9 Å². The van der Waals surface area contributed by atoms with Gasteiger partial charge in [0.25, 0.3) is 5.91 Å². The van der Waals surface area contributed by atoms with Gasteiger partial charge in [-0.2, -0.15) is 5.10 Å². The second kappa shape index (κ2) is 7.98. The first-order chi connectivity index (χ1) is 14.1. The van der Waals surface area contributed by atoms with Gasteiger partial charge in [0.1, 0.15) is 0 Å². The van der Waals surface area contributed by atoms with Gasteiger partial charge in [0.15, 0.2) is 6.61 Å². The van der Waals surface area contributed by atoms with Crippen molar-refractivity contribution in [3.8, 4) is 5.69 Å². The summed E-state index contributed by atoms with van der Waals surface area (Å²) in [6.07, 6.45) is 1.71. The molecule has 1 heterocycles. The quantitative estimate of drug-likeness (QED) is 0.524. The van der Waals surface area contributed by atoms with E-state index >= 15 is 0 Å². The highest BCUT2D eigenvalue weighted by atomic mass is 16.5. The van der Waals surface area contributed by atoms with Crippen molar-refractivity contribution in [3.63, 3.8) is 0 Å². The lowest BCUT2D eigenvalue weighted by Crippen LogP contribution is -2.20. The van der Waals surface area contributed by atoms with E-state index in [0.717, 1.165) is 22.2 Å². The van der Waals surface area contributed by atoms with E-state index in [1.165, 1.54) is 0 Å². The third-order valence-electron chi connectivity index (χ3n) is 4.55. The van der Waals surface area contributed by atoms with Gasteiger partial charge in [-0.05, 0) is 60.2 Å². The van der Waals surface area contributed by atoms with Crippen LogP contribution in [0, 0.1) is 6.92 Å². The van der Waals surface area contributed by atoms with Crippen LogP contribution >= 0.6 is 0 Å². The molecule has 4 aromatic rings. The minimum absolute atomic E-state index is 0.355. The predicted molar refractivity (Wildman–Crippen MR) is 111 cm³/mol. The lowest BCUT2D eigenvalue weighted by molar-refractivity contribution is -0.119. The van der Waals surface area contributed by atoms with Crippen LogP contribution in [-0.2, 0) is 9.53 Å². The molecule has 1 amide bonds. The van der Waals surface area contributed by atoms with E-state index in [2.05, 4.69) is 10.4 Å². The Labute approximate surface area is 167 Å². The smallest absolute Gasteiger partial charge is 0.338 e. The molecular formula is C23H19N3O3. The molecule has 6 heteroatoms. The second-order valence-corrected chi connectivity index (χ2v) is 6.62. The summed E-state index contributed by atoms with van der Waals surface area (Å²) in [5.41, 5.74) is 2.87. The summed E-state index contributed by atoms with van der Waals surface area (Å²) in [4.78, 5) is 24.3. The summed E-state index contributed by atoms with van der Waals surface area (Å²) >= 11 is 0. The number of fused-ring (bicyclic) bond motifs is 1. The number of amides is 1. The third kappa shape index (κ3) is 4.16. The average molecular weight is 385 g/mol. The van der Waals surface area contributed by atoms with Gasteiger partial charge >= 0.3 is 5.97 Å². The Morgan fingerprint density at radius 2 is 1.72 bits per heavy atom. The van der Waals surface area contributed by atoms with Gasteiger partial charge in [0.05, 0.1) is 11.3 Å². The number of carbonyl (C=O) groups is 2. The number of nitrogens with one attached hydrogen (secondary N) is 1. The molecule has 3 aromatic carbocycles. The van der Waals surface area contributed by atoms with Crippen molar-refractivity contribution >= 4 is 28.3 Å². The SMILES string of the molecule is Cc1ccnn1-c1ccc(C(=O)OCC(=O)Nc2ccc3ccccc3c2)cc1. The number of anilines is 1. The molecule has 0 spiro atoms. The zero-order valence-corrected chi connectivity index (χ0v) is 15.8. The summed E-state index contributed by atoms with van der Waals surface area (Å²) in [5, 5.41) is 9.08. The van der Waals surface area contributed by atoms with E-state index in [0.29, 0.717) is 11.3 Å². The number of carbonyl (C=O) groups excluding carboxylic acids is 2. The Bertz CT molecular complexity index is 1180. The van der Waals surface area contributed by atoms with Crippen molar-refractivity contribution in [2.75, 3.05) is 11.9 Å². The maximum absolute atomic E-state index is 12.2. The van der Waals surface area contributed by atoms with Crippen molar-refractivity contribution in [2.24, 2.45) is 0 Å². The number of esters is 1. The number of ether oxygens (including phenoxy) is 1. The number of aryl methyl sites for hydroxylation is 1. The lowest BCUT2D eigenvalue weighted by Gasteiger charge is -2.08. The molecule has 29 heavy (non-hydrogen) atoms. The molecule has 0 bridgehead atoms. The van der Waals surface area contributed by atoms with Crippen LogP contribution in [-0.4, -0.2) is 28.3 Å². The molecule has 1 aromatic heterocycles. The van der Waals surface area contributed by atoms with Gasteiger partial charge in [-0.15, -0.1) is 0 Å². The predicted octanol–water partition coefficient (Wildman–Crippen LogP) is 4.13. The van der Waals surface area contributed by atoms with E-state index in [1.807, 2.05) is 55.5 Å². The zero-order chi connectivity index (χ0) is 20.2. The first-order valence-corrected chi connectivity index (χ1v) is 9.17. The number of hydrogen-bond donors (Lipinski definition) is 1. The standard InChI is InChI=1S/C23H19N3O3/c1-16-12-13-24-26(16)21-10-7-18(8-11-21)23(28)29-15-22(27)25-20-9-6-17-4-2-3-5-19(17)14-20/h2-14H,15H2,1H3,(H,25,27). The van der Waals surface area contributed by atoms with Crippen molar-refractivity contribution in [2.45, 2.75) is 6.92 Å². The fraction of sp³-hybridized carbons (Fsp3) is 0.0870. The molecule has 6 nitrogen and oxygen atoms in total. The summed E-state index contributed by atoms with van der Waals surface area (Å²) in [5.74, 6) is -0.945. The van der Waals surface area contributed by atoms with Crippen molar-refractivity contribution in [1.82, 2.24) is 9.78 Å². The van der Waals surface area contributed by atoms with Crippen LogP contribution in [0.15, 0.2) is 79.0 Å². The fourth-order valence-corrected chi connectivity index (χ4v) is 3.06. The normalized spacial score (nSPS) is 10.7. The van der Waals surface area contributed by atoms with Crippen molar-refractivity contribution < 1.29 is 14.3 Å². The van der Waals surface area contributed by atoms with Crippen molar-refractivity contribution in [1.29, 1.82) is 0 Å². The maximum Gasteiger partial charge on any atom is 0.338 e. The number of hydrogen-bond acceptors (Lipinski definition) is 4. The molecule has 0 aliphatic rings. The van der Waals surface area contributed by atoms with Gasteiger partial charge in [-0.1, -0.05) is 30.3 Å². The fourth-order valence-electron chi connectivity index (χ4n) is 3.06. The van der Waals surface area contributed by atoms with Crippen LogP contribution in [0.25, 0.3) is 16.5 Å². The first kappa shape index (κ1) is 18.4. The largest absolute Gasteiger partial charge is 0.452 e. The van der Waals surface area contributed by atoms with Gasteiger partial charge < -0.3 is 10.1 Å². The lowest BCUT2D eigenvalue weighted by atomic mass is 10.1. The number of nitrogens with zero attached hydrogens (tertiary/aromatic N) is 2. The van der Waals surface area contributed by atoms with Crippen LogP contribution in [0.3, 0.4) is 0 Å². The molecule has 0 aliphatic heterocycles. The molecule has 0 unspecified atom stereocenters. The van der Waals surface area contributed by atoms with Crippen LogP contribution in [0.1, 0.15) is 16.1 Å². The summed E-state index contributed by atoms with van der Waals surface area (Å²) in [6.45, 7) is 1.59. The van der Waals surface area contributed by atoms with Crippen LogP contribution in [0.5, 0.6) is 0 Å². The highest BCUT2D eigenvalue weighted by Gasteiger charge is 2.11. The molecule has 0 aliphatic carbocycles. The van der Waals surface area contributed by atoms with Gasteiger partial charge in [-0.25, -0.2) is 9.48 Å². The Kier molecular flexibility index (Phi) is 5.07. The summed E-state index contributed by atoms with van der Waals surface area (Å²) in [6, 6.07) is 22.3. The van der Waals surface area contributed by atoms with Crippen molar-refractivity contribution in [3.05, 3.63) is 90.3 Å². The molecular weight excluding hydrogens is 366 g/mol. The van der Waals surface area contributed by atoms with Crippen LogP contribution in [0.2, 0.25) is 0 Å².